The molecule has 3 heterocycles. The van der Waals surface area contributed by atoms with Crippen LogP contribution in [0.2, 0.25) is 0 Å². The molecule has 1 fully saturated rings. The summed E-state index contributed by atoms with van der Waals surface area (Å²) in [6.45, 7) is 1.96. The third-order valence-electron chi connectivity index (χ3n) is 2.81. The molecule has 1 aliphatic rings. The van der Waals surface area contributed by atoms with E-state index in [-0.39, 0.29) is 5.95 Å². The highest BCUT2D eigenvalue weighted by Crippen LogP contribution is 2.21. The Morgan fingerprint density at radius 3 is 2.71 bits per heavy atom. The van der Waals surface area contributed by atoms with Crippen LogP contribution >= 0.6 is 0 Å². The first-order valence-corrected chi connectivity index (χ1v) is 5.62. The lowest BCUT2D eigenvalue weighted by atomic mass is 10.3. The fourth-order valence-electron chi connectivity index (χ4n) is 1.96. The minimum absolute atomic E-state index is 0.248. The smallest absolute Gasteiger partial charge is 0.230 e. The van der Waals surface area contributed by atoms with Gasteiger partial charge in [0.25, 0.3) is 0 Å². The SMILES string of the molecule is Nc1nc(-c2ccoc2)nc(N2CCCC2)n1. The van der Waals surface area contributed by atoms with Gasteiger partial charge < -0.3 is 15.1 Å². The first-order chi connectivity index (χ1) is 8.33. The van der Waals surface area contributed by atoms with Crippen molar-refractivity contribution in [3.63, 3.8) is 0 Å². The molecule has 0 amide bonds. The van der Waals surface area contributed by atoms with E-state index in [0.717, 1.165) is 18.7 Å². The molecular formula is C11H13N5O. The molecule has 6 nitrogen and oxygen atoms in total. The summed E-state index contributed by atoms with van der Waals surface area (Å²) >= 11 is 0. The molecular weight excluding hydrogens is 218 g/mol. The minimum atomic E-state index is 0.248. The first-order valence-electron chi connectivity index (χ1n) is 5.62. The zero-order chi connectivity index (χ0) is 11.7. The van der Waals surface area contributed by atoms with Gasteiger partial charge in [-0.1, -0.05) is 0 Å². The first kappa shape index (κ1) is 10.1. The van der Waals surface area contributed by atoms with Crippen LogP contribution in [0.25, 0.3) is 11.4 Å². The average molecular weight is 231 g/mol. The van der Waals surface area contributed by atoms with Gasteiger partial charge in [-0.15, -0.1) is 0 Å². The maximum absolute atomic E-state index is 5.71. The summed E-state index contributed by atoms with van der Waals surface area (Å²) in [5.41, 5.74) is 6.53. The van der Waals surface area contributed by atoms with E-state index in [0.29, 0.717) is 11.8 Å². The van der Waals surface area contributed by atoms with E-state index in [1.807, 2.05) is 6.07 Å². The monoisotopic (exact) mass is 231 g/mol. The summed E-state index contributed by atoms with van der Waals surface area (Å²) in [4.78, 5) is 14.8. The van der Waals surface area contributed by atoms with Crippen LogP contribution in [0.15, 0.2) is 23.0 Å². The Morgan fingerprint density at radius 2 is 2.00 bits per heavy atom. The van der Waals surface area contributed by atoms with Gasteiger partial charge >= 0.3 is 0 Å². The molecule has 1 saturated heterocycles. The fourth-order valence-corrected chi connectivity index (χ4v) is 1.96. The molecule has 1 aliphatic heterocycles. The van der Waals surface area contributed by atoms with Crippen LogP contribution in [0, 0.1) is 0 Å². The van der Waals surface area contributed by atoms with Gasteiger partial charge in [0.1, 0.15) is 6.26 Å². The highest BCUT2D eigenvalue weighted by atomic mass is 16.3. The molecule has 0 atom stereocenters. The predicted molar refractivity (Wildman–Crippen MR) is 63.4 cm³/mol. The highest BCUT2D eigenvalue weighted by Gasteiger charge is 2.17. The predicted octanol–water partition coefficient (Wildman–Crippen LogP) is 1.31. The van der Waals surface area contributed by atoms with Crippen LogP contribution < -0.4 is 10.6 Å². The van der Waals surface area contributed by atoms with Crippen molar-refractivity contribution in [3.05, 3.63) is 18.6 Å². The lowest BCUT2D eigenvalue weighted by Gasteiger charge is -2.15. The van der Waals surface area contributed by atoms with Gasteiger partial charge in [0.15, 0.2) is 5.82 Å². The van der Waals surface area contributed by atoms with Crippen molar-refractivity contribution >= 4 is 11.9 Å². The van der Waals surface area contributed by atoms with Crippen molar-refractivity contribution in [1.82, 2.24) is 15.0 Å². The zero-order valence-electron chi connectivity index (χ0n) is 9.33. The molecule has 0 radical (unpaired) electrons. The maximum atomic E-state index is 5.71. The zero-order valence-corrected chi connectivity index (χ0v) is 9.33. The van der Waals surface area contributed by atoms with Crippen LogP contribution in [0.5, 0.6) is 0 Å². The number of nitrogen functional groups attached to an aromatic ring is 1. The third kappa shape index (κ3) is 1.93. The molecule has 0 aliphatic carbocycles. The molecule has 0 saturated carbocycles. The highest BCUT2D eigenvalue weighted by molar-refractivity contribution is 5.56. The van der Waals surface area contributed by atoms with Gasteiger partial charge in [0.05, 0.1) is 11.8 Å². The Balaban J connectivity index is 2.00. The maximum Gasteiger partial charge on any atom is 0.230 e. The molecule has 0 spiro atoms. The van der Waals surface area contributed by atoms with Gasteiger partial charge in [-0.2, -0.15) is 15.0 Å². The number of hydrogen-bond donors (Lipinski definition) is 1. The second kappa shape index (κ2) is 4.04. The van der Waals surface area contributed by atoms with Gasteiger partial charge in [-0.05, 0) is 18.9 Å². The van der Waals surface area contributed by atoms with E-state index < -0.39 is 0 Å². The molecule has 0 unspecified atom stereocenters. The Labute approximate surface area is 98.5 Å². The normalized spacial score (nSPS) is 15.4. The number of aromatic nitrogens is 3. The molecule has 2 aromatic heterocycles. The summed E-state index contributed by atoms with van der Waals surface area (Å²) in [7, 11) is 0. The molecule has 0 aromatic carbocycles. The quantitative estimate of drug-likeness (QED) is 0.839. The topological polar surface area (TPSA) is 81.1 Å². The van der Waals surface area contributed by atoms with Gasteiger partial charge in [0, 0.05) is 13.1 Å². The molecule has 88 valence electrons. The van der Waals surface area contributed by atoms with Crippen molar-refractivity contribution < 1.29 is 4.42 Å². The minimum Gasteiger partial charge on any atom is -0.472 e. The Morgan fingerprint density at radius 1 is 1.18 bits per heavy atom. The Kier molecular flexibility index (Phi) is 2.40. The number of furan rings is 1. The standard InChI is InChI=1S/C11H13N5O/c12-10-13-9(8-3-6-17-7-8)14-11(15-10)16-4-1-2-5-16/h3,6-7H,1-2,4-5H2,(H2,12,13,14,15). The summed E-state index contributed by atoms with van der Waals surface area (Å²) in [6, 6.07) is 1.81. The Bertz CT molecular complexity index is 505. The lowest BCUT2D eigenvalue weighted by Crippen LogP contribution is -2.21. The lowest BCUT2D eigenvalue weighted by molar-refractivity contribution is 0.568. The van der Waals surface area contributed by atoms with E-state index in [1.54, 1.807) is 12.5 Å². The van der Waals surface area contributed by atoms with E-state index in [2.05, 4.69) is 19.9 Å². The summed E-state index contributed by atoms with van der Waals surface area (Å²) < 4.78 is 5.02. The van der Waals surface area contributed by atoms with Gasteiger partial charge in [-0.3, -0.25) is 0 Å². The van der Waals surface area contributed by atoms with Crippen molar-refractivity contribution in [1.29, 1.82) is 0 Å². The van der Waals surface area contributed by atoms with Crippen LogP contribution in [0.3, 0.4) is 0 Å². The molecule has 0 bridgehead atoms. The number of nitrogens with zero attached hydrogens (tertiary/aromatic N) is 4. The van der Waals surface area contributed by atoms with Gasteiger partial charge in [0.2, 0.25) is 11.9 Å². The van der Waals surface area contributed by atoms with E-state index in [9.17, 15) is 0 Å². The number of anilines is 2. The van der Waals surface area contributed by atoms with Crippen LogP contribution in [-0.2, 0) is 0 Å². The molecule has 6 heteroatoms. The van der Waals surface area contributed by atoms with E-state index in [1.165, 1.54) is 12.8 Å². The second-order valence-corrected chi connectivity index (χ2v) is 4.02. The summed E-state index contributed by atoms with van der Waals surface area (Å²) in [6.07, 6.45) is 5.53. The Hall–Kier alpha value is -2.11. The number of rotatable bonds is 2. The fraction of sp³-hybridized carbons (Fsp3) is 0.364. The summed E-state index contributed by atoms with van der Waals surface area (Å²) in [5, 5.41) is 0. The van der Waals surface area contributed by atoms with Crippen molar-refractivity contribution in [3.8, 4) is 11.4 Å². The third-order valence-corrected chi connectivity index (χ3v) is 2.81. The van der Waals surface area contributed by atoms with Crippen LogP contribution in [0.4, 0.5) is 11.9 Å². The number of hydrogen-bond acceptors (Lipinski definition) is 6. The van der Waals surface area contributed by atoms with Gasteiger partial charge in [-0.25, -0.2) is 0 Å². The van der Waals surface area contributed by atoms with Crippen molar-refractivity contribution in [2.24, 2.45) is 0 Å². The van der Waals surface area contributed by atoms with E-state index in [4.69, 9.17) is 10.2 Å². The number of nitrogens with two attached hydrogens (primary N) is 1. The largest absolute Gasteiger partial charge is 0.472 e. The second-order valence-electron chi connectivity index (χ2n) is 4.02. The summed E-state index contributed by atoms with van der Waals surface area (Å²) in [5.74, 6) is 1.47. The molecule has 3 rings (SSSR count). The molecule has 2 N–H and O–H groups in total. The average Bonchev–Trinajstić information content (AvgIpc) is 3.02. The van der Waals surface area contributed by atoms with E-state index >= 15 is 0 Å². The molecule has 17 heavy (non-hydrogen) atoms. The van der Waals surface area contributed by atoms with Crippen LogP contribution in [0.1, 0.15) is 12.8 Å². The van der Waals surface area contributed by atoms with Crippen molar-refractivity contribution in [2.75, 3.05) is 23.7 Å². The van der Waals surface area contributed by atoms with Crippen LogP contribution in [-0.4, -0.2) is 28.0 Å². The molecule has 2 aromatic rings. The van der Waals surface area contributed by atoms with Crippen molar-refractivity contribution in [2.45, 2.75) is 12.8 Å².